The molecular formula is C9H10N2O. The molecule has 2 N–H and O–H groups in total. The number of rotatable bonds is 2. The van der Waals surface area contributed by atoms with Crippen LogP contribution in [0.2, 0.25) is 0 Å². The second-order valence-corrected chi connectivity index (χ2v) is 2.29. The van der Waals surface area contributed by atoms with E-state index in [2.05, 4.69) is 0 Å². The molecule has 0 radical (unpaired) electrons. The number of nitrogen functional groups attached to an aromatic ring is 1. The summed E-state index contributed by atoms with van der Waals surface area (Å²) < 4.78 is 5.20. The molecule has 62 valence electrons. The maximum atomic E-state index is 8.63. The van der Waals surface area contributed by atoms with E-state index < -0.39 is 0 Å². The number of nitrogens with two attached hydrogens (primary N) is 1. The Morgan fingerprint density at radius 1 is 1.58 bits per heavy atom. The van der Waals surface area contributed by atoms with Gasteiger partial charge in [-0.15, -0.1) is 0 Å². The van der Waals surface area contributed by atoms with E-state index in [1.165, 1.54) is 0 Å². The van der Waals surface area contributed by atoms with E-state index in [0.29, 0.717) is 23.6 Å². The summed E-state index contributed by atoms with van der Waals surface area (Å²) in [6, 6.07) is 7.05. The summed E-state index contributed by atoms with van der Waals surface area (Å²) in [5.41, 5.74) is 6.46. The third kappa shape index (κ3) is 1.67. The van der Waals surface area contributed by atoms with Gasteiger partial charge in [0.05, 0.1) is 12.2 Å². The molecule has 0 unspecified atom stereocenters. The van der Waals surface area contributed by atoms with Crippen LogP contribution in [0.5, 0.6) is 5.75 Å². The van der Waals surface area contributed by atoms with E-state index in [1.807, 2.05) is 13.0 Å². The maximum Gasteiger partial charge on any atom is 0.120 e. The zero-order valence-corrected chi connectivity index (χ0v) is 6.87. The van der Waals surface area contributed by atoms with E-state index in [4.69, 9.17) is 15.7 Å². The highest BCUT2D eigenvalue weighted by atomic mass is 16.5. The predicted octanol–water partition coefficient (Wildman–Crippen LogP) is 1.54. The normalized spacial score (nSPS) is 9.00. The van der Waals surface area contributed by atoms with Gasteiger partial charge in [-0.2, -0.15) is 5.26 Å². The third-order valence-corrected chi connectivity index (χ3v) is 1.46. The maximum absolute atomic E-state index is 8.63. The van der Waals surface area contributed by atoms with Gasteiger partial charge in [-0.1, -0.05) is 0 Å². The van der Waals surface area contributed by atoms with E-state index >= 15 is 0 Å². The van der Waals surface area contributed by atoms with Crippen LogP contribution < -0.4 is 10.5 Å². The molecule has 3 nitrogen and oxygen atoms in total. The number of hydrogen-bond donors (Lipinski definition) is 1. The van der Waals surface area contributed by atoms with Crippen LogP contribution in [0.25, 0.3) is 0 Å². The van der Waals surface area contributed by atoms with Gasteiger partial charge in [0.15, 0.2) is 0 Å². The molecule has 1 aromatic rings. The van der Waals surface area contributed by atoms with Gasteiger partial charge in [0.1, 0.15) is 11.8 Å². The molecule has 3 heteroatoms. The van der Waals surface area contributed by atoms with Crippen LogP contribution >= 0.6 is 0 Å². The van der Waals surface area contributed by atoms with E-state index in [1.54, 1.807) is 18.2 Å². The Bertz CT molecular complexity index is 315. The molecule has 1 rings (SSSR count). The van der Waals surface area contributed by atoms with Crippen molar-refractivity contribution in [1.82, 2.24) is 0 Å². The van der Waals surface area contributed by atoms with Gasteiger partial charge < -0.3 is 10.5 Å². The molecule has 0 bridgehead atoms. The number of hydrogen-bond acceptors (Lipinski definition) is 3. The summed E-state index contributed by atoms with van der Waals surface area (Å²) in [5.74, 6) is 0.684. The number of anilines is 1. The fourth-order valence-electron chi connectivity index (χ4n) is 0.889. The lowest BCUT2D eigenvalue weighted by Gasteiger charge is -2.03. The summed E-state index contributed by atoms with van der Waals surface area (Å²) in [7, 11) is 0. The Labute approximate surface area is 71.4 Å². The van der Waals surface area contributed by atoms with Crippen molar-refractivity contribution >= 4 is 5.69 Å². The van der Waals surface area contributed by atoms with Gasteiger partial charge in [-0.25, -0.2) is 0 Å². The quantitative estimate of drug-likeness (QED) is 0.671. The molecule has 0 heterocycles. The summed E-state index contributed by atoms with van der Waals surface area (Å²) in [6.07, 6.45) is 0. The molecule has 0 aliphatic rings. The minimum atomic E-state index is 0.459. The van der Waals surface area contributed by atoms with Crippen molar-refractivity contribution in [3.63, 3.8) is 0 Å². The smallest absolute Gasteiger partial charge is 0.120 e. The van der Waals surface area contributed by atoms with Crippen molar-refractivity contribution in [3.8, 4) is 11.8 Å². The standard InChI is InChI=1S/C9H10N2O/c1-2-12-8-3-4-9(11)7(5-8)6-10/h3-5H,2,11H2,1H3. The number of nitriles is 1. The van der Waals surface area contributed by atoms with Crippen molar-refractivity contribution in [2.45, 2.75) is 6.92 Å². The topological polar surface area (TPSA) is 59.0 Å². The van der Waals surface area contributed by atoms with E-state index in [0.717, 1.165) is 0 Å². The first-order valence-corrected chi connectivity index (χ1v) is 3.70. The lowest BCUT2D eigenvalue weighted by atomic mass is 10.2. The Morgan fingerprint density at radius 3 is 2.92 bits per heavy atom. The molecular weight excluding hydrogens is 152 g/mol. The summed E-state index contributed by atoms with van der Waals surface area (Å²) in [4.78, 5) is 0. The van der Waals surface area contributed by atoms with Crippen LogP contribution in [0.3, 0.4) is 0 Å². The molecule has 0 atom stereocenters. The van der Waals surface area contributed by atoms with Crippen LogP contribution in [-0.2, 0) is 0 Å². The van der Waals surface area contributed by atoms with Crippen LogP contribution in [0.15, 0.2) is 18.2 Å². The van der Waals surface area contributed by atoms with Crippen molar-refractivity contribution in [2.75, 3.05) is 12.3 Å². The molecule has 1 aromatic carbocycles. The highest BCUT2D eigenvalue weighted by Crippen LogP contribution is 2.18. The Balaban J connectivity index is 2.99. The summed E-state index contributed by atoms with van der Waals surface area (Å²) in [6.45, 7) is 2.48. The summed E-state index contributed by atoms with van der Waals surface area (Å²) in [5, 5.41) is 8.63. The molecule has 12 heavy (non-hydrogen) atoms. The second kappa shape index (κ2) is 3.63. The molecule has 0 aromatic heterocycles. The first kappa shape index (κ1) is 8.41. The van der Waals surface area contributed by atoms with E-state index in [9.17, 15) is 0 Å². The average Bonchev–Trinajstić information content (AvgIpc) is 2.09. The zero-order chi connectivity index (χ0) is 8.97. The van der Waals surface area contributed by atoms with Crippen LogP contribution in [0.4, 0.5) is 5.69 Å². The molecule has 0 fully saturated rings. The highest BCUT2D eigenvalue weighted by Gasteiger charge is 1.99. The Kier molecular flexibility index (Phi) is 2.54. The fraction of sp³-hybridized carbons (Fsp3) is 0.222. The van der Waals surface area contributed by atoms with Gasteiger partial charge in [0.25, 0.3) is 0 Å². The molecule has 0 spiro atoms. The molecule has 0 saturated carbocycles. The fourth-order valence-corrected chi connectivity index (χ4v) is 0.889. The monoisotopic (exact) mass is 162 g/mol. The van der Waals surface area contributed by atoms with Crippen molar-refractivity contribution in [3.05, 3.63) is 23.8 Å². The summed E-state index contributed by atoms with van der Waals surface area (Å²) >= 11 is 0. The first-order chi connectivity index (χ1) is 5.77. The number of nitrogens with zero attached hydrogens (tertiary/aromatic N) is 1. The molecule has 0 aliphatic heterocycles. The minimum absolute atomic E-state index is 0.459. The largest absolute Gasteiger partial charge is 0.494 e. The minimum Gasteiger partial charge on any atom is -0.494 e. The predicted molar refractivity (Wildman–Crippen MR) is 46.7 cm³/mol. The van der Waals surface area contributed by atoms with Crippen LogP contribution in [0.1, 0.15) is 12.5 Å². The first-order valence-electron chi connectivity index (χ1n) is 3.70. The number of ether oxygens (including phenoxy) is 1. The van der Waals surface area contributed by atoms with Gasteiger partial charge >= 0.3 is 0 Å². The van der Waals surface area contributed by atoms with Gasteiger partial charge in [-0.05, 0) is 25.1 Å². The van der Waals surface area contributed by atoms with Gasteiger partial charge in [0, 0.05) is 5.69 Å². The highest BCUT2D eigenvalue weighted by molar-refractivity contribution is 5.56. The molecule has 0 aliphatic carbocycles. The molecule has 0 saturated heterocycles. The SMILES string of the molecule is CCOc1ccc(N)c(C#N)c1. The van der Waals surface area contributed by atoms with Crippen molar-refractivity contribution < 1.29 is 4.74 Å². The Morgan fingerprint density at radius 2 is 2.33 bits per heavy atom. The number of benzene rings is 1. The van der Waals surface area contributed by atoms with Crippen LogP contribution in [-0.4, -0.2) is 6.61 Å². The zero-order valence-electron chi connectivity index (χ0n) is 6.87. The second-order valence-electron chi connectivity index (χ2n) is 2.29. The average molecular weight is 162 g/mol. The third-order valence-electron chi connectivity index (χ3n) is 1.46. The van der Waals surface area contributed by atoms with Crippen molar-refractivity contribution in [1.29, 1.82) is 5.26 Å². The van der Waals surface area contributed by atoms with Gasteiger partial charge in [0.2, 0.25) is 0 Å². The van der Waals surface area contributed by atoms with Crippen molar-refractivity contribution in [2.24, 2.45) is 0 Å². The molecule has 0 amide bonds. The van der Waals surface area contributed by atoms with Gasteiger partial charge in [-0.3, -0.25) is 0 Å². The van der Waals surface area contributed by atoms with Crippen LogP contribution in [0, 0.1) is 11.3 Å². The lowest BCUT2D eigenvalue weighted by molar-refractivity contribution is 0.340. The lowest BCUT2D eigenvalue weighted by Crippen LogP contribution is -1.94. The van der Waals surface area contributed by atoms with E-state index in [-0.39, 0.29) is 0 Å². The Hall–Kier alpha value is -1.69.